The van der Waals surface area contributed by atoms with E-state index >= 15 is 0 Å². The number of benzene rings is 1. The second kappa shape index (κ2) is 10.9. The second-order valence-electron chi connectivity index (χ2n) is 5.62. The Morgan fingerprint density at radius 1 is 1.35 bits per heavy atom. The zero-order valence-electron chi connectivity index (χ0n) is 15.0. The van der Waals surface area contributed by atoms with E-state index < -0.39 is 0 Å². The summed E-state index contributed by atoms with van der Waals surface area (Å²) in [6.45, 7) is 4.89. The third-order valence-corrected chi connectivity index (χ3v) is 4.88. The number of thiocarbonyl (C=S) groups is 1. The van der Waals surface area contributed by atoms with Crippen LogP contribution in [-0.2, 0) is 10.5 Å². The van der Waals surface area contributed by atoms with E-state index in [2.05, 4.69) is 10.6 Å². The first-order valence-corrected chi connectivity index (χ1v) is 10.1. The van der Waals surface area contributed by atoms with Gasteiger partial charge in [-0.05, 0) is 68.1 Å². The van der Waals surface area contributed by atoms with Gasteiger partial charge >= 0.3 is 5.97 Å². The molecule has 7 heteroatoms. The molecule has 0 bridgehead atoms. The van der Waals surface area contributed by atoms with Crippen molar-refractivity contribution in [2.75, 3.05) is 24.2 Å². The summed E-state index contributed by atoms with van der Waals surface area (Å²) in [5.41, 5.74) is 2.33. The minimum atomic E-state index is -0.331. The summed E-state index contributed by atoms with van der Waals surface area (Å²) in [5.74, 6) is 2.57. The largest absolute Gasteiger partial charge is 0.468 e. The third kappa shape index (κ3) is 6.72. The number of thioether (sulfide) groups is 1. The van der Waals surface area contributed by atoms with E-state index in [0.717, 1.165) is 41.5 Å². The predicted molar refractivity (Wildman–Crippen MR) is 111 cm³/mol. The molecule has 1 aromatic heterocycles. The molecule has 1 aromatic carbocycles. The Balaban J connectivity index is 1.71. The highest BCUT2D eigenvalue weighted by Gasteiger charge is 2.09. The van der Waals surface area contributed by atoms with Gasteiger partial charge in [-0.1, -0.05) is 6.07 Å². The van der Waals surface area contributed by atoms with Crippen molar-refractivity contribution in [3.05, 3.63) is 53.5 Å². The Hall–Kier alpha value is -1.99. The smallest absolute Gasteiger partial charge is 0.338 e. The number of anilines is 1. The van der Waals surface area contributed by atoms with E-state index in [0.29, 0.717) is 17.3 Å². The van der Waals surface area contributed by atoms with Crippen molar-refractivity contribution < 1.29 is 13.9 Å². The number of ether oxygens (including phenoxy) is 1. The zero-order valence-corrected chi connectivity index (χ0v) is 16.7. The molecule has 1 heterocycles. The van der Waals surface area contributed by atoms with Crippen LogP contribution < -0.4 is 10.6 Å². The molecule has 0 unspecified atom stereocenters. The minimum Gasteiger partial charge on any atom is -0.468 e. The van der Waals surface area contributed by atoms with E-state index in [1.807, 2.05) is 36.9 Å². The van der Waals surface area contributed by atoms with Crippen molar-refractivity contribution in [3.63, 3.8) is 0 Å². The molecule has 2 aromatic rings. The number of hydrogen-bond acceptors (Lipinski definition) is 5. The lowest BCUT2D eigenvalue weighted by Gasteiger charge is -2.13. The SMILES string of the molecule is CCOC(=O)c1ccc(C)c(NC(=S)NCCCSCc2ccco2)c1. The molecule has 0 saturated carbocycles. The lowest BCUT2D eigenvalue weighted by Crippen LogP contribution is -2.29. The molecule has 0 spiro atoms. The molecule has 0 fully saturated rings. The lowest BCUT2D eigenvalue weighted by molar-refractivity contribution is 0.0526. The quantitative estimate of drug-likeness (QED) is 0.373. The molecule has 5 nitrogen and oxygen atoms in total. The number of furan rings is 1. The van der Waals surface area contributed by atoms with E-state index in [1.165, 1.54) is 0 Å². The lowest BCUT2D eigenvalue weighted by atomic mass is 10.1. The number of nitrogens with one attached hydrogen (secondary N) is 2. The summed E-state index contributed by atoms with van der Waals surface area (Å²) in [4.78, 5) is 11.8. The van der Waals surface area contributed by atoms with Crippen LogP contribution in [0.1, 0.15) is 35.0 Å². The molecule has 2 N–H and O–H groups in total. The summed E-state index contributed by atoms with van der Waals surface area (Å²) in [6, 6.07) is 9.28. The van der Waals surface area contributed by atoms with Gasteiger partial charge in [-0.25, -0.2) is 4.79 Å². The zero-order chi connectivity index (χ0) is 18.8. The van der Waals surface area contributed by atoms with Crippen LogP contribution in [0.2, 0.25) is 0 Å². The van der Waals surface area contributed by atoms with Gasteiger partial charge in [-0.2, -0.15) is 11.8 Å². The minimum absolute atomic E-state index is 0.331. The fraction of sp³-hybridized carbons (Fsp3) is 0.368. The number of esters is 1. The molecule has 140 valence electrons. The first kappa shape index (κ1) is 20.3. The first-order valence-electron chi connectivity index (χ1n) is 8.53. The first-order chi connectivity index (χ1) is 12.6. The summed E-state index contributed by atoms with van der Waals surface area (Å²) in [7, 11) is 0. The van der Waals surface area contributed by atoms with E-state index in [-0.39, 0.29) is 5.97 Å². The van der Waals surface area contributed by atoms with Crippen LogP contribution in [0, 0.1) is 6.92 Å². The van der Waals surface area contributed by atoms with Crippen LogP contribution in [0.5, 0.6) is 0 Å². The Labute approximate surface area is 163 Å². The molecule has 0 aliphatic heterocycles. The topological polar surface area (TPSA) is 63.5 Å². The fourth-order valence-electron chi connectivity index (χ4n) is 2.21. The Morgan fingerprint density at radius 2 is 2.19 bits per heavy atom. The summed E-state index contributed by atoms with van der Waals surface area (Å²) in [5, 5.41) is 6.89. The fourth-order valence-corrected chi connectivity index (χ4v) is 3.28. The molecular formula is C19H24N2O3S2. The molecule has 0 atom stereocenters. The van der Waals surface area contributed by atoms with Crippen molar-refractivity contribution in [3.8, 4) is 0 Å². The van der Waals surface area contributed by atoms with Gasteiger partial charge in [0.1, 0.15) is 5.76 Å². The summed E-state index contributed by atoms with van der Waals surface area (Å²) in [6.07, 6.45) is 2.69. The third-order valence-electron chi connectivity index (χ3n) is 3.57. The molecule has 0 aliphatic carbocycles. The van der Waals surface area contributed by atoms with Crippen LogP contribution in [-0.4, -0.2) is 30.0 Å². The highest BCUT2D eigenvalue weighted by molar-refractivity contribution is 7.98. The Kier molecular flexibility index (Phi) is 8.50. The monoisotopic (exact) mass is 392 g/mol. The molecule has 0 saturated heterocycles. The maximum absolute atomic E-state index is 11.8. The van der Waals surface area contributed by atoms with Gasteiger partial charge in [0.2, 0.25) is 0 Å². The maximum atomic E-state index is 11.8. The van der Waals surface area contributed by atoms with Gasteiger partial charge in [0, 0.05) is 12.2 Å². The van der Waals surface area contributed by atoms with E-state index in [9.17, 15) is 4.79 Å². The van der Waals surface area contributed by atoms with Gasteiger partial charge in [0.05, 0.1) is 24.2 Å². The number of aryl methyl sites for hydroxylation is 1. The van der Waals surface area contributed by atoms with Crippen molar-refractivity contribution in [1.82, 2.24) is 5.32 Å². The van der Waals surface area contributed by atoms with Gasteiger partial charge in [0.25, 0.3) is 0 Å². The average molecular weight is 393 g/mol. The van der Waals surface area contributed by atoms with Crippen LogP contribution in [0.4, 0.5) is 5.69 Å². The molecule has 2 rings (SSSR count). The number of rotatable bonds is 9. The van der Waals surface area contributed by atoms with Crippen LogP contribution in [0.25, 0.3) is 0 Å². The highest BCUT2D eigenvalue weighted by Crippen LogP contribution is 2.18. The highest BCUT2D eigenvalue weighted by atomic mass is 32.2. The summed E-state index contributed by atoms with van der Waals surface area (Å²) >= 11 is 7.17. The Morgan fingerprint density at radius 3 is 2.92 bits per heavy atom. The van der Waals surface area contributed by atoms with Crippen LogP contribution in [0.3, 0.4) is 0 Å². The van der Waals surface area contributed by atoms with E-state index in [4.69, 9.17) is 21.4 Å². The molecular weight excluding hydrogens is 368 g/mol. The predicted octanol–water partition coefficient (Wildman–Crippen LogP) is 4.37. The maximum Gasteiger partial charge on any atom is 0.338 e. The number of hydrogen-bond donors (Lipinski definition) is 2. The van der Waals surface area contributed by atoms with Crippen LogP contribution in [0.15, 0.2) is 41.0 Å². The number of carbonyl (C=O) groups excluding carboxylic acids is 1. The van der Waals surface area contributed by atoms with Crippen molar-refractivity contribution in [2.24, 2.45) is 0 Å². The normalized spacial score (nSPS) is 10.4. The number of carbonyl (C=O) groups is 1. The van der Waals surface area contributed by atoms with Gasteiger partial charge in [-0.15, -0.1) is 0 Å². The average Bonchev–Trinajstić information content (AvgIpc) is 3.13. The van der Waals surface area contributed by atoms with Gasteiger partial charge in [-0.3, -0.25) is 0 Å². The van der Waals surface area contributed by atoms with Crippen molar-refractivity contribution >= 4 is 40.7 Å². The second-order valence-corrected chi connectivity index (χ2v) is 7.13. The molecule has 0 aliphatic rings. The molecule has 26 heavy (non-hydrogen) atoms. The van der Waals surface area contributed by atoms with E-state index in [1.54, 1.807) is 25.3 Å². The van der Waals surface area contributed by atoms with Crippen LogP contribution >= 0.6 is 24.0 Å². The van der Waals surface area contributed by atoms with Gasteiger partial charge < -0.3 is 19.8 Å². The Bertz CT molecular complexity index is 718. The molecule has 0 amide bonds. The van der Waals surface area contributed by atoms with Crippen molar-refractivity contribution in [2.45, 2.75) is 26.0 Å². The molecule has 0 radical (unpaired) electrons. The summed E-state index contributed by atoms with van der Waals surface area (Å²) < 4.78 is 10.3. The standard InChI is InChI=1S/C19H24N2O3S2/c1-3-23-18(22)15-8-7-14(2)17(12-15)21-19(25)20-9-5-11-26-13-16-6-4-10-24-16/h4,6-8,10,12H,3,5,9,11,13H2,1-2H3,(H2,20,21,25). The van der Waals surface area contributed by atoms with Crippen molar-refractivity contribution in [1.29, 1.82) is 0 Å². The van der Waals surface area contributed by atoms with Gasteiger partial charge in [0.15, 0.2) is 5.11 Å².